The third-order valence-corrected chi connectivity index (χ3v) is 11.1. The zero-order chi connectivity index (χ0) is 21.3. The molecule has 3 rings (SSSR count). The smallest absolute Gasteiger partial charge is 0.162 e. The molecule has 0 amide bonds. The summed E-state index contributed by atoms with van der Waals surface area (Å²) >= 11 is 0. The van der Waals surface area contributed by atoms with Crippen molar-refractivity contribution in [2.45, 2.75) is 121 Å². The molecule has 0 unspecified atom stereocenters. The summed E-state index contributed by atoms with van der Waals surface area (Å²) in [5.74, 6) is 0.870. The molecule has 0 bridgehead atoms. The standard InChI is InChI=1S/C27H43F2Si/c1-3-7-24-14-15-25(27(29)26(24)28)23-12-10-21(11-13-23)8-5-6-9-22-16-19-30(18-4-2)20-17-22/h14-15,21-23H,3-13,16-20H2,1-2H3. The lowest BCUT2D eigenvalue weighted by Gasteiger charge is -2.30. The van der Waals surface area contributed by atoms with Crippen LogP contribution in [0, 0.1) is 23.5 Å². The fraction of sp³-hybridized carbons (Fsp3) is 0.778. The average Bonchev–Trinajstić information content (AvgIpc) is 2.77. The SMILES string of the molecule is CCCc1ccc(C2CCC(CCCCC3CC[Si](CCC)CC3)CC2)c(F)c1F. The molecule has 0 atom stereocenters. The number of hydrogen-bond acceptors (Lipinski definition) is 0. The molecule has 0 N–H and O–H groups in total. The van der Waals surface area contributed by atoms with Crippen LogP contribution in [-0.4, -0.2) is 8.80 Å². The monoisotopic (exact) mass is 433 g/mol. The van der Waals surface area contributed by atoms with Crippen molar-refractivity contribution in [2.75, 3.05) is 0 Å². The average molecular weight is 434 g/mol. The van der Waals surface area contributed by atoms with Crippen LogP contribution in [0.2, 0.25) is 18.1 Å². The summed E-state index contributed by atoms with van der Waals surface area (Å²) in [6.07, 6.45) is 15.9. The summed E-state index contributed by atoms with van der Waals surface area (Å²) in [7, 11) is 0.0326. The van der Waals surface area contributed by atoms with Crippen molar-refractivity contribution in [1.82, 2.24) is 0 Å². The molecule has 1 aromatic carbocycles. The van der Waals surface area contributed by atoms with Crippen LogP contribution >= 0.6 is 0 Å². The van der Waals surface area contributed by atoms with E-state index in [-0.39, 0.29) is 14.7 Å². The van der Waals surface area contributed by atoms with Gasteiger partial charge in [0.15, 0.2) is 11.6 Å². The molecule has 1 aromatic rings. The third kappa shape index (κ3) is 6.65. The first-order valence-electron chi connectivity index (χ1n) is 12.9. The van der Waals surface area contributed by atoms with Crippen LogP contribution in [0.1, 0.15) is 108 Å². The van der Waals surface area contributed by atoms with Crippen LogP contribution in [0.25, 0.3) is 0 Å². The number of unbranched alkanes of at least 4 members (excludes halogenated alkanes) is 1. The maximum Gasteiger partial charge on any atom is 0.162 e. The predicted molar refractivity (Wildman–Crippen MR) is 127 cm³/mol. The number of halogens is 2. The lowest BCUT2D eigenvalue weighted by molar-refractivity contribution is 0.292. The Labute approximate surface area is 185 Å². The van der Waals surface area contributed by atoms with Gasteiger partial charge in [-0.1, -0.05) is 95.5 Å². The molecule has 3 heteroatoms. The lowest BCUT2D eigenvalue weighted by Crippen LogP contribution is -2.21. The number of aryl methyl sites for hydroxylation is 1. The number of benzene rings is 1. The molecule has 2 aliphatic rings. The fourth-order valence-electron chi connectivity index (χ4n) is 5.99. The van der Waals surface area contributed by atoms with Gasteiger partial charge >= 0.3 is 0 Å². The molecule has 0 nitrogen and oxygen atoms in total. The van der Waals surface area contributed by atoms with Gasteiger partial charge in [0.05, 0.1) is 0 Å². The van der Waals surface area contributed by atoms with Crippen molar-refractivity contribution in [1.29, 1.82) is 0 Å². The minimum absolute atomic E-state index is 0.0326. The Morgan fingerprint density at radius 1 is 0.800 bits per heavy atom. The van der Waals surface area contributed by atoms with E-state index >= 15 is 0 Å². The molecule has 0 spiro atoms. The zero-order valence-corrected chi connectivity index (χ0v) is 20.5. The Morgan fingerprint density at radius 3 is 2.03 bits per heavy atom. The molecular weight excluding hydrogens is 390 g/mol. The van der Waals surface area contributed by atoms with E-state index in [1.54, 1.807) is 18.1 Å². The Kier molecular flexibility index (Phi) is 9.87. The summed E-state index contributed by atoms with van der Waals surface area (Å²) < 4.78 is 28.9. The van der Waals surface area contributed by atoms with Crippen LogP contribution in [0.4, 0.5) is 8.78 Å². The fourth-order valence-corrected chi connectivity index (χ4v) is 9.08. The van der Waals surface area contributed by atoms with E-state index in [9.17, 15) is 8.78 Å². The van der Waals surface area contributed by atoms with Crippen molar-refractivity contribution in [3.63, 3.8) is 0 Å². The van der Waals surface area contributed by atoms with Crippen LogP contribution in [0.15, 0.2) is 12.1 Å². The highest BCUT2D eigenvalue weighted by Crippen LogP contribution is 2.40. The quantitative estimate of drug-likeness (QED) is 0.255. The molecule has 1 radical (unpaired) electrons. The van der Waals surface area contributed by atoms with Crippen LogP contribution in [0.5, 0.6) is 0 Å². The normalized spacial score (nSPS) is 23.7. The van der Waals surface area contributed by atoms with Gasteiger partial charge in [-0.05, 0) is 61.0 Å². The first-order valence-corrected chi connectivity index (χ1v) is 15.0. The highest BCUT2D eigenvalue weighted by atomic mass is 28.3. The minimum atomic E-state index is -0.595. The molecule has 169 valence electrons. The van der Waals surface area contributed by atoms with Gasteiger partial charge in [-0.3, -0.25) is 0 Å². The second-order valence-corrected chi connectivity index (χ2v) is 13.1. The highest BCUT2D eigenvalue weighted by molar-refractivity contribution is 6.58. The molecule has 1 heterocycles. The number of hydrogen-bond donors (Lipinski definition) is 0. The van der Waals surface area contributed by atoms with Crippen molar-refractivity contribution >= 4 is 8.80 Å². The van der Waals surface area contributed by atoms with E-state index in [2.05, 4.69) is 6.92 Å². The minimum Gasteiger partial charge on any atom is -0.203 e. The first kappa shape index (κ1) is 23.9. The number of rotatable bonds is 10. The first-order chi connectivity index (χ1) is 14.6. The van der Waals surface area contributed by atoms with Gasteiger partial charge in [0, 0.05) is 8.80 Å². The Balaban J connectivity index is 1.34. The molecule has 1 saturated carbocycles. The third-order valence-electron chi connectivity index (χ3n) is 7.89. The van der Waals surface area contributed by atoms with Crippen molar-refractivity contribution < 1.29 is 8.78 Å². The molecular formula is C27H43F2Si. The van der Waals surface area contributed by atoms with Crippen molar-refractivity contribution in [2.24, 2.45) is 11.8 Å². The Hall–Kier alpha value is -0.703. The van der Waals surface area contributed by atoms with Crippen LogP contribution in [-0.2, 0) is 6.42 Å². The molecule has 30 heavy (non-hydrogen) atoms. The lowest BCUT2D eigenvalue weighted by atomic mass is 9.76. The van der Waals surface area contributed by atoms with E-state index in [0.717, 1.165) is 31.1 Å². The van der Waals surface area contributed by atoms with Gasteiger partial charge in [-0.25, -0.2) is 8.78 Å². The van der Waals surface area contributed by atoms with Crippen LogP contribution < -0.4 is 0 Å². The van der Waals surface area contributed by atoms with E-state index in [4.69, 9.17) is 0 Å². The van der Waals surface area contributed by atoms with Gasteiger partial charge in [0.25, 0.3) is 0 Å². The van der Waals surface area contributed by atoms with E-state index in [1.165, 1.54) is 57.8 Å². The second-order valence-electron chi connectivity index (χ2n) is 10.1. The van der Waals surface area contributed by atoms with Crippen molar-refractivity contribution in [3.05, 3.63) is 34.9 Å². The maximum atomic E-state index is 14.6. The molecule has 1 saturated heterocycles. The van der Waals surface area contributed by atoms with Crippen molar-refractivity contribution in [3.8, 4) is 0 Å². The highest BCUT2D eigenvalue weighted by Gasteiger charge is 2.26. The van der Waals surface area contributed by atoms with Gasteiger partial charge in [0.2, 0.25) is 0 Å². The van der Waals surface area contributed by atoms with Gasteiger partial charge in [0.1, 0.15) is 0 Å². The Bertz CT molecular complexity index is 628. The summed E-state index contributed by atoms with van der Waals surface area (Å²) in [6, 6.07) is 8.37. The molecule has 0 aromatic heterocycles. The molecule has 1 aliphatic heterocycles. The Morgan fingerprint density at radius 2 is 1.43 bits per heavy atom. The van der Waals surface area contributed by atoms with E-state index < -0.39 is 11.6 Å². The molecule has 2 fully saturated rings. The summed E-state index contributed by atoms with van der Waals surface area (Å²) in [5, 5.41) is 0. The second kappa shape index (κ2) is 12.4. The summed E-state index contributed by atoms with van der Waals surface area (Å²) in [5.41, 5.74) is 1.17. The predicted octanol–water partition coefficient (Wildman–Crippen LogP) is 9.07. The molecule has 1 aliphatic carbocycles. The van der Waals surface area contributed by atoms with Gasteiger partial charge in [-0.15, -0.1) is 0 Å². The van der Waals surface area contributed by atoms with Gasteiger partial charge < -0.3 is 0 Å². The maximum absolute atomic E-state index is 14.6. The zero-order valence-electron chi connectivity index (χ0n) is 19.5. The summed E-state index contributed by atoms with van der Waals surface area (Å²) in [6.45, 7) is 4.35. The van der Waals surface area contributed by atoms with E-state index in [0.29, 0.717) is 17.5 Å². The van der Waals surface area contributed by atoms with Gasteiger partial charge in [-0.2, -0.15) is 0 Å². The topological polar surface area (TPSA) is 0 Å². The van der Waals surface area contributed by atoms with E-state index in [1.807, 2.05) is 19.1 Å². The summed E-state index contributed by atoms with van der Waals surface area (Å²) in [4.78, 5) is 0. The largest absolute Gasteiger partial charge is 0.203 e. The van der Waals surface area contributed by atoms with Crippen LogP contribution in [0.3, 0.4) is 0 Å².